The number of rotatable bonds is 10. The minimum absolute atomic E-state index is 0.174. The van der Waals surface area contributed by atoms with Crippen LogP contribution in [-0.2, 0) is 11.3 Å². The second kappa shape index (κ2) is 11.5. The third-order valence-electron chi connectivity index (χ3n) is 5.01. The van der Waals surface area contributed by atoms with Crippen molar-refractivity contribution in [2.24, 2.45) is 5.10 Å². The molecule has 0 fully saturated rings. The lowest BCUT2D eigenvalue weighted by Gasteiger charge is -2.10. The predicted octanol–water partition coefficient (Wildman–Crippen LogP) is 4.35. The Morgan fingerprint density at radius 2 is 1.85 bits per heavy atom. The number of hydrazone groups is 1. The molecule has 3 aromatic rings. The van der Waals surface area contributed by atoms with Gasteiger partial charge in [0.25, 0.3) is 5.91 Å². The van der Waals surface area contributed by atoms with Crippen LogP contribution < -0.4 is 14.9 Å². The number of hydrogen-bond donors (Lipinski definition) is 1. The predicted molar refractivity (Wildman–Crippen MR) is 131 cm³/mol. The number of aromatic nitrogens is 3. The van der Waals surface area contributed by atoms with Crippen LogP contribution in [0.4, 0.5) is 0 Å². The van der Waals surface area contributed by atoms with Crippen LogP contribution in [0.5, 0.6) is 11.5 Å². The van der Waals surface area contributed by atoms with Gasteiger partial charge in [-0.15, -0.1) is 10.2 Å². The molecule has 1 heterocycles. The topological polar surface area (TPSA) is 90.6 Å². The van der Waals surface area contributed by atoms with E-state index in [0.29, 0.717) is 34.9 Å². The van der Waals surface area contributed by atoms with Gasteiger partial charge in [-0.25, -0.2) is 5.43 Å². The fourth-order valence-electron chi connectivity index (χ4n) is 3.18. The van der Waals surface area contributed by atoms with Gasteiger partial charge in [0.15, 0.2) is 22.5 Å². The Kier molecular flexibility index (Phi) is 8.48. The average molecular weight is 468 g/mol. The number of hydrogen-bond acceptors (Lipinski definition) is 7. The van der Waals surface area contributed by atoms with Crippen LogP contribution in [-0.4, -0.2) is 46.9 Å². The van der Waals surface area contributed by atoms with Crippen LogP contribution in [0.2, 0.25) is 0 Å². The SMILES string of the molecule is CCn1c(SCC(=O)NN=Cc2ccc(C(C)C)cc2)nnc1-c1ccc(OC)c(OC)c1. The molecular weight excluding hydrogens is 438 g/mol. The van der Waals surface area contributed by atoms with Crippen molar-refractivity contribution in [2.45, 2.75) is 38.4 Å². The lowest BCUT2D eigenvalue weighted by Crippen LogP contribution is -2.20. The Morgan fingerprint density at radius 1 is 1.12 bits per heavy atom. The summed E-state index contributed by atoms with van der Waals surface area (Å²) in [4.78, 5) is 12.2. The van der Waals surface area contributed by atoms with Gasteiger partial charge in [-0.05, 0) is 42.2 Å². The van der Waals surface area contributed by atoms with Gasteiger partial charge in [0.2, 0.25) is 0 Å². The van der Waals surface area contributed by atoms with E-state index in [1.54, 1.807) is 20.4 Å². The molecule has 0 atom stereocenters. The van der Waals surface area contributed by atoms with E-state index in [4.69, 9.17) is 9.47 Å². The van der Waals surface area contributed by atoms with Crippen LogP contribution in [0.15, 0.2) is 52.7 Å². The zero-order chi connectivity index (χ0) is 23.8. The van der Waals surface area contributed by atoms with Gasteiger partial charge in [-0.1, -0.05) is 49.9 Å². The second-order valence-corrected chi connectivity index (χ2v) is 8.47. The van der Waals surface area contributed by atoms with Gasteiger partial charge in [0, 0.05) is 12.1 Å². The van der Waals surface area contributed by atoms with Gasteiger partial charge in [0.05, 0.1) is 26.2 Å². The Balaban J connectivity index is 1.61. The molecule has 174 valence electrons. The van der Waals surface area contributed by atoms with Crippen molar-refractivity contribution >= 4 is 23.9 Å². The summed E-state index contributed by atoms with van der Waals surface area (Å²) in [5, 5.41) is 13.3. The average Bonchev–Trinajstić information content (AvgIpc) is 3.25. The highest BCUT2D eigenvalue weighted by Crippen LogP contribution is 2.32. The molecule has 1 N–H and O–H groups in total. The molecule has 0 bridgehead atoms. The Hall–Kier alpha value is -3.33. The van der Waals surface area contributed by atoms with E-state index in [2.05, 4.69) is 46.7 Å². The number of carbonyl (C=O) groups excluding carboxylic acids is 1. The van der Waals surface area contributed by atoms with Crippen molar-refractivity contribution < 1.29 is 14.3 Å². The molecule has 0 aliphatic rings. The summed E-state index contributed by atoms with van der Waals surface area (Å²) < 4.78 is 12.6. The summed E-state index contributed by atoms with van der Waals surface area (Å²) >= 11 is 1.31. The molecule has 33 heavy (non-hydrogen) atoms. The van der Waals surface area contributed by atoms with Gasteiger partial charge < -0.3 is 14.0 Å². The minimum atomic E-state index is -0.214. The summed E-state index contributed by atoms with van der Waals surface area (Å²) in [6.45, 7) is 6.96. The molecule has 1 amide bonds. The van der Waals surface area contributed by atoms with Crippen LogP contribution in [0.25, 0.3) is 11.4 Å². The van der Waals surface area contributed by atoms with E-state index in [-0.39, 0.29) is 11.7 Å². The maximum atomic E-state index is 12.2. The van der Waals surface area contributed by atoms with Crippen molar-refractivity contribution in [3.05, 3.63) is 53.6 Å². The highest BCUT2D eigenvalue weighted by atomic mass is 32.2. The maximum Gasteiger partial charge on any atom is 0.250 e. The highest BCUT2D eigenvalue weighted by molar-refractivity contribution is 7.99. The third kappa shape index (κ3) is 6.13. The molecule has 0 aliphatic carbocycles. The molecular formula is C24H29N5O3S. The summed E-state index contributed by atoms with van der Waals surface area (Å²) in [6.07, 6.45) is 1.64. The van der Waals surface area contributed by atoms with Crippen molar-refractivity contribution in [3.63, 3.8) is 0 Å². The lowest BCUT2D eigenvalue weighted by atomic mass is 10.0. The first-order valence-electron chi connectivity index (χ1n) is 10.7. The van der Waals surface area contributed by atoms with E-state index in [1.807, 2.05) is 41.8 Å². The van der Waals surface area contributed by atoms with Crippen molar-refractivity contribution in [3.8, 4) is 22.9 Å². The van der Waals surface area contributed by atoms with E-state index in [1.165, 1.54) is 17.3 Å². The van der Waals surface area contributed by atoms with E-state index >= 15 is 0 Å². The number of nitrogens with zero attached hydrogens (tertiary/aromatic N) is 4. The molecule has 8 nitrogen and oxygen atoms in total. The molecule has 2 aromatic carbocycles. The fraction of sp³-hybridized carbons (Fsp3) is 0.333. The van der Waals surface area contributed by atoms with E-state index < -0.39 is 0 Å². The van der Waals surface area contributed by atoms with Crippen LogP contribution in [0.3, 0.4) is 0 Å². The van der Waals surface area contributed by atoms with Crippen LogP contribution >= 0.6 is 11.8 Å². The number of ether oxygens (including phenoxy) is 2. The number of nitrogens with one attached hydrogen (secondary N) is 1. The minimum Gasteiger partial charge on any atom is -0.493 e. The normalized spacial score (nSPS) is 11.2. The fourth-order valence-corrected chi connectivity index (χ4v) is 3.97. The molecule has 0 aliphatic heterocycles. The number of carbonyl (C=O) groups is 1. The summed E-state index contributed by atoms with van der Waals surface area (Å²) in [5.41, 5.74) is 5.61. The molecule has 0 spiro atoms. The molecule has 0 saturated carbocycles. The van der Waals surface area contributed by atoms with Crippen LogP contribution in [0.1, 0.15) is 37.8 Å². The Bertz CT molecular complexity index is 1110. The molecule has 3 rings (SSSR count). The van der Waals surface area contributed by atoms with E-state index in [9.17, 15) is 4.79 Å². The first-order chi connectivity index (χ1) is 16.0. The number of thioether (sulfide) groups is 1. The standard InChI is InChI=1S/C24H29N5O3S/c1-6-29-23(19-11-12-20(31-4)21(13-19)32-5)27-28-24(29)33-15-22(30)26-25-14-17-7-9-18(10-8-17)16(2)3/h7-14,16H,6,15H2,1-5H3,(H,26,30). The third-order valence-corrected chi connectivity index (χ3v) is 5.98. The van der Waals surface area contributed by atoms with Crippen molar-refractivity contribution in [1.82, 2.24) is 20.2 Å². The van der Waals surface area contributed by atoms with Gasteiger partial charge in [-0.3, -0.25) is 4.79 Å². The quantitative estimate of drug-likeness (QED) is 0.271. The largest absolute Gasteiger partial charge is 0.493 e. The summed E-state index contributed by atoms with van der Waals surface area (Å²) in [6, 6.07) is 13.7. The van der Waals surface area contributed by atoms with E-state index in [0.717, 1.165) is 11.1 Å². The van der Waals surface area contributed by atoms with Crippen LogP contribution in [0, 0.1) is 0 Å². The summed E-state index contributed by atoms with van der Waals surface area (Å²) in [5.74, 6) is 2.40. The molecule has 0 radical (unpaired) electrons. The van der Waals surface area contributed by atoms with Gasteiger partial charge in [-0.2, -0.15) is 5.10 Å². The number of benzene rings is 2. The number of methoxy groups -OCH3 is 2. The first-order valence-corrected chi connectivity index (χ1v) is 11.7. The summed E-state index contributed by atoms with van der Waals surface area (Å²) in [7, 11) is 3.19. The first kappa shape index (κ1) is 24.3. The lowest BCUT2D eigenvalue weighted by molar-refractivity contribution is -0.118. The van der Waals surface area contributed by atoms with Crippen molar-refractivity contribution in [1.29, 1.82) is 0 Å². The maximum absolute atomic E-state index is 12.2. The zero-order valence-electron chi connectivity index (χ0n) is 19.5. The molecule has 0 unspecified atom stereocenters. The second-order valence-electron chi connectivity index (χ2n) is 7.52. The molecule has 1 aromatic heterocycles. The zero-order valence-corrected chi connectivity index (χ0v) is 20.3. The Morgan fingerprint density at radius 3 is 2.48 bits per heavy atom. The molecule has 9 heteroatoms. The van der Waals surface area contributed by atoms with Crippen molar-refractivity contribution in [2.75, 3.05) is 20.0 Å². The highest BCUT2D eigenvalue weighted by Gasteiger charge is 2.16. The van der Waals surface area contributed by atoms with Gasteiger partial charge >= 0.3 is 0 Å². The smallest absolute Gasteiger partial charge is 0.250 e. The monoisotopic (exact) mass is 467 g/mol. The Labute approximate surface area is 198 Å². The van der Waals surface area contributed by atoms with Gasteiger partial charge in [0.1, 0.15) is 0 Å². The molecule has 0 saturated heterocycles. The number of amides is 1.